The third-order valence-electron chi connectivity index (χ3n) is 3.43. The van der Waals surface area contributed by atoms with E-state index in [2.05, 4.69) is 5.32 Å². The Balaban J connectivity index is 1.77. The Kier molecular flexibility index (Phi) is 4.74. The van der Waals surface area contributed by atoms with E-state index in [4.69, 9.17) is 9.84 Å². The van der Waals surface area contributed by atoms with Gasteiger partial charge in [0, 0.05) is 12.1 Å². The molecule has 1 aromatic carbocycles. The van der Waals surface area contributed by atoms with Crippen LogP contribution in [0.25, 0.3) is 0 Å². The average molecular weight is 277 g/mol. The number of amides is 1. The van der Waals surface area contributed by atoms with Gasteiger partial charge in [0.15, 0.2) is 0 Å². The summed E-state index contributed by atoms with van der Waals surface area (Å²) in [7, 11) is 0. The summed E-state index contributed by atoms with van der Waals surface area (Å²) in [6.07, 6.45) is 3.70. The van der Waals surface area contributed by atoms with Gasteiger partial charge in [-0.2, -0.15) is 0 Å². The molecule has 0 saturated carbocycles. The molecule has 20 heavy (non-hydrogen) atoms. The fourth-order valence-electron chi connectivity index (χ4n) is 2.31. The molecule has 5 nitrogen and oxygen atoms in total. The zero-order valence-electron chi connectivity index (χ0n) is 11.5. The topological polar surface area (TPSA) is 75.6 Å². The van der Waals surface area contributed by atoms with Crippen LogP contribution in [0.15, 0.2) is 24.3 Å². The fourth-order valence-corrected chi connectivity index (χ4v) is 2.31. The van der Waals surface area contributed by atoms with Crippen LogP contribution in [0.3, 0.4) is 0 Å². The Morgan fingerprint density at radius 3 is 2.55 bits per heavy atom. The quantitative estimate of drug-likeness (QED) is 0.867. The maximum absolute atomic E-state index is 11.8. The maximum Gasteiger partial charge on any atom is 0.335 e. The molecule has 2 N–H and O–H groups in total. The van der Waals surface area contributed by atoms with E-state index in [-0.39, 0.29) is 17.6 Å². The van der Waals surface area contributed by atoms with Crippen LogP contribution >= 0.6 is 0 Å². The van der Waals surface area contributed by atoms with Crippen molar-refractivity contribution >= 4 is 17.6 Å². The van der Waals surface area contributed by atoms with E-state index in [0.29, 0.717) is 18.2 Å². The minimum atomic E-state index is -0.977. The SMILES string of the molecule is CC1CCC(CCC(=O)Nc2ccc(C(=O)O)cc2)O1. The Morgan fingerprint density at radius 2 is 2.00 bits per heavy atom. The normalized spacial score (nSPS) is 21.6. The lowest BCUT2D eigenvalue weighted by Crippen LogP contribution is -2.16. The van der Waals surface area contributed by atoms with Crippen LogP contribution < -0.4 is 5.32 Å². The van der Waals surface area contributed by atoms with Gasteiger partial charge in [-0.25, -0.2) is 4.79 Å². The van der Waals surface area contributed by atoms with E-state index in [1.807, 2.05) is 6.92 Å². The molecule has 0 bridgehead atoms. The Labute approximate surface area is 117 Å². The van der Waals surface area contributed by atoms with Gasteiger partial charge in [-0.3, -0.25) is 4.79 Å². The van der Waals surface area contributed by atoms with Crippen LogP contribution in [0.1, 0.15) is 43.0 Å². The van der Waals surface area contributed by atoms with E-state index < -0.39 is 5.97 Å². The molecule has 0 spiro atoms. The lowest BCUT2D eigenvalue weighted by atomic mass is 10.1. The standard InChI is InChI=1S/C15H19NO4/c1-10-2-7-13(20-10)8-9-14(17)16-12-5-3-11(4-6-12)15(18)19/h3-6,10,13H,2,7-9H2,1H3,(H,16,17)(H,18,19). The molecule has 0 aliphatic carbocycles. The summed E-state index contributed by atoms with van der Waals surface area (Å²) in [6, 6.07) is 6.13. The van der Waals surface area contributed by atoms with Gasteiger partial charge >= 0.3 is 5.97 Å². The van der Waals surface area contributed by atoms with E-state index in [9.17, 15) is 9.59 Å². The van der Waals surface area contributed by atoms with Crippen molar-refractivity contribution in [3.8, 4) is 0 Å². The van der Waals surface area contributed by atoms with Crippen LogP contribution in [0, 0.1) is 0 Å². The lowest BCUT2D eigenvalue weighted by Gasteiger charge is -2.11. The molecule has 1 aliphatic heterocycles. The van der Waals surface area contributed by atoms with E-state index >= 15 is 0 Å². The summed E-state index contributed by atoms with van der Waals surface area (Å²) in [5.41, 5.74) is 0.817. The molecule has 1 heterocycles. The highest BCUT2D eigenvalue weighted by Gasteiger charge is 2.22. The maximum atomic E-state index is 11.8. The third kappa shape index (κ3) is 4.06. The molecule has 5 heteroatoms. The number of aromatic carboxylic acids is 1. The van der Waals surface area contributed by atoms with Crippen molar-refractivity contribution in [3.05, 3.63) is 29.8 Å². The molecule has 2 unspecified atom stereocenters. The highest BCUT2D eigenvalue weighted by Crippen LogP contribution is 2.22. The van der Waals surface area contributed by atoms with E-state index in [0.717, 1.165) is 19.3 Å². The number of rotatable bonds is 5. The number of carbonyl (C=O) groups excluding carboxylic acids is 1. The zero-order chi connectivity index (χ0) is 14.5. The molecule has 1 amide bonds. The summed E-state index contributed by atoms with van der Waals surface area (Å²) in [6.45, 7) is 2.05. The number of hydrogen-bond donors (Lipinski definition) is 2. The van der Waals surface area contributed by atoms with Gasteiger partial charge in [0.25, 0.3) is 0 Å². The van der Waals surface area contributed by atoms with Crippen molar-refractivity contribution in [2.24, 2.45) is 0 Å². The molecule has 1 aromatic rings. The van der Waals surface area contributed by atoms with Gasteiger partial charge in [-0.1, -0.05) is 0 Å². The Hall–Kier alpha value is -1.88. The molecule has 108 valence electrons. The van der Waals surface area contributed by atoms with Crippen LogP contribution in [-0.2, 0) is 9.53 Å². The van der Waals surface area contributed by atoms with Gasteiger partial charge in [0.2, 0.25) is 5.91 Å². The number of ether oxygens (including phenoxy) is 1. The van der Waals surface area contributed by atoms with Crippen molar-refractivity contribution < 1.29 is 19.4 Å². The molecule has 0 aromatic heterocycles. The molecule has 0 radical (unpaired) electrons. The molecular formula is C15H19NO4. The van der Waals surface area contributed by atoms with Gasteiger partial charge in [-0.15, -0.1) is 0 Å². The number of carbonyl (C=O) groups is 2. The molecule has 1 fully saturated rings. The van der Waals surface area contributed by atoms with Crippen LogP contribution in [0.2, 0.25) is 0 Å². The molecule has 1 saturated heterocycles. The summed E-state index contributed by atoms with van der Waals surface area (Å²) in [5.74, 6) is -1.05. The van der Waals surface area contributed by atoms with Gasteiger partial charge in [0.1, 0.15) is 0 Å². The van der Waals surface area contributed by atoms with E-state index in [1.165, 1.54) is 12.1 Å². The Morgan fingerprint density at radius 1 is 1.30 bits per heavy atom. The fraction of sp³-hybridized carbons (Fsp3) is 0.467. The first kappa shape index (κ1) is 14.5. The van der Waals surface area contributed by atoms with Gasteiger partial charge in [-0.05, 0) is 50.5 Å². The minimum Gasteiger partial charge on any atom is -0.478 e. The number of anilines is 1. The number of carboxylic acid groups (broad SMARTS) is 1. The van der Waals surface area contributed by atoms with Crippen molar-refractivity contribution in [2.75, 3.05) is 5.32 Å². The lowest BCUT2D eigenvalue weighted by molar-refractivity contribution is -0.116. The highest BCUT2D eigenvalue weighted by molar-refractivity contribution is 5.92. The summed E-state index contributed by atoms with van der Waals surface area (Å²) < 4.78 is 5.66. The molecular weight excluding hydrogens is 258 g/mol. The summed E-state index contributed by atoms with van der Waals surface area (Å²) in [4.78, 5) is 22.5. The van der Waals surface area contributed by atoms with Crippen molar-refractivity contribution in [1.82, 2.24) is 0 Å². The van der Waals surface area contributed by atoms with Crippen molar-refractivity contribution in [2.45, 2.75) is 44.8 Å². The number of carboxylic acids is 1. The second-order valence-corrected chi connectivity index (χ2v) is 5.12. The summed E-state index contributed by atoms with van der Waals surface area (Å²) >= 11 is 0. The first-order valence-corrected chi connectivity index (χ1v) is 6.83. The minimum absolute atomic E-state index is 0.0729. The first-order chi connectivity index (χ1) is 9.54. The summed E-state index contributed by atoms with van der Waals surface area (Å²) in [5, 5.41) is 11.5. The van der Waals surface area contributed by atoms with Crippen LogP contribution in [0.4, 0.5) is 5.69 Å². The third-order valence-corrected chi connectivity index (χ3v) is 3.43. The monoisotopic (exact) mass is 277 g/mol. The van der Waals surface area contributed by atoms with Crippen molar-refractivity contribution in [1.29, 1.82) is 0 Å². The Bertz CT molecular complexity index is 483. The second kappa shape index (κ2) is 6.52. The van der Waals surface area contributed by atoms with Gasteiger partial charge in [0.05, 0.1) is 17.8 Å². The first-order valence-electron chi connectivity index (χ1n) is 6.83. The molecule has 1 aliphatic rings. The predicted octanol–water partition coefficient (Wildman–Crippen LogP) is 2.67. The second-order valence-electron chi connectivity index (χ2n) is 5.12. The average Bonchev–Trinajstić information content (AvgIpc) is 2.83. The molecule has 2 rings (SSSR count). The van der Waals surface area contributed by atoms with Crippen LogP contribution in [0.5, 0.6) is 0 Å². The van der Waals surface area contributed by atoms with Crippen LogP contribution in [-0.4, -0.2) is 29.2 Å². The van der Waals surface area contributed by atoms with Gasteiger partial charge < -0.3 is 15.2 Å². The largest absolute Gasteiger partial charge is 0.478 e. The van der Waals surface area contributed by atoms with E-state index in [1.54, 1.807) is 12.1 Å². The smallest absolute Gasteiger partial charge is 0.335 e. The predicted molar refractivity (Wildman–Crippen MR) is 74.8 cm³/mol. The molecule has 2 atom stereocenters. The number of benzene rings is 1. The highest BCUT2D eigenvalue weighted by atomic mass is 16.5. The number of hydrogen-bond acceptors (Lipinski definition) is 3. The zero-order valence-corrected chi connectivity index (χ0v) is 11.5. The number of nitrogens with one attached hydrogen (secondary N) is 1. The van der Waals surface area contributed by atoms with Crippen molar-refractivity contribution in [3.63, 3.8) is 0 Å².